The molecule has 1 heterocycles. The zero-order valence-corrected chi connectivity index (χ0v) is 16.1. The molecule has 0 amide bonds. The number of benzene rings is 2. The van der Waals surface area contributed by atoms with Crippen LogP contribution in [0.15, 0.2) is 71.9 Å². The van der Waals surface area contributed by atoms with Crippen molar-refractivity contribution in [3.63, 3.8) is 0 Å². The van der Waals surface area contributed by atoms with Gasteiger partial charge < -0.3 is 0 Å². The van der Waals surface area contributed by atoms with Gasteiger partial charge in [0.15, 0.2) is 0 Å². The van der Waals surface area contributed by atoms with Crippen LogP contribution >= 0.6 is 0 Å². The first-order chi connectivity index (χ1) is 12.9. The lowest BCUT2D eigenvalue weighted by atomic mass is 10.1. The van der Waals surface area contributed by atoms with Crippen molar-refractivity contribution in [2.24, 2.45) is 0 Å². The number of aryl methyl sites for hydroxylation is 2. The van der Waals surface area contributed by atoms with Gasteiger partial charge in [-0.05, 0) is 60.4 Å². The quantitative estimate of drug-likeness (QED) is 0.639. The number of aromatic nitrogens is 1. The van der Waals surface area contributed by atoms with Gasteiger partial charge in [-0.15, -0.1) is 0 Å². The summed E-state index contributed by atoms with van der Waals surface area (Å²) in [5, 5.41) is 0. The molecule has 0 atom stereocenters. The zero-order valence-electron chi connectivity index (χ0n) is 15.3. The number of pyridine rings is 1. The number of sulfonamides is 1. The van der Waals surface area contributed by atoms with Gasteiger partial charge in [-0.3, -0.25) is 4.98 Å². The Balaban J connectivity index is 2.03. The van der Waals surface area contributed by atoms with E-state index in [0.29, 0.717) is 5.56 Å². The molecule has 3 rings (SSSR count). The molecule has 0 N–H and O–H groups in total. The highest BCUT2D eigenvalue weighted by atomic mass is 32.2. The second-order valence-electron chi connectivity index (χ2n) is 6.47. The minimum absolute atomic E-state index is 0.112. The van der Waals surface area contributed by atoms with Crippen molar-refractivity contribution >= 4 is 10.0 Å². The van der Waals surface area contributed by atoms with E-state index in [0.717, 1.165) is 16.7 Å². The number of hydrogen-bond donors (Lipinski definition) is 0. The Kier molecular flexibility index (Phi) is 5.68. The highest BCUT2D eigenvalue weighted by Gasteiger charge is 2.27. The molecule has 0 saturated heterocycles. The summed E-state index contributed by atoms with van der Waals surface area (Å²) in [6.45, 7) is 3.96. The maximum absolute atomic E-state index is 13.5. The second kappa shape index (κ2) is 7.98. The van der Waals surface area contributed by atoms with Gasteiger partial charge in [0.05, 0.1) is 4.90 Å². The van der Waals surface area contributed by atoms with Gasteiger partial charge in [0.2, 0.25) is 10.0 Å². The van der Waals surface area contributed by atoms with Crippen LogP contribution in [0.5, 0.6) is 0 Å². The lowest BCUT2D eigenvalue weighted by molar-refractivity contribution is 0.399. The van der Waals surface area contributed by atoms with E-state index >= 15 is 0 Å². The Labute approximate surface area is 159 Å². The molecule has 140 valence electrons. The van der Waals surface area contributed by atoms with Crippen LogP contribution < -0.4 is 0 Å². The fourth-order valence-corrected chi connectivity index (χ4v) is 4.55. The Bertz CT molecular complexity index is 1040. The molecular weight excluding hydrogens is 363 g/mol. The third-order valence-electron chi connectivity index (χ3n) is 4.44. The molecule has 0 aliphatic rings. The van der Waals surface area contributed by atoms with Gasteiger partial charge in [-0.25, -0.2) is 12.8 Å². The zero-order chi connectivity index (χ0) is 19.4. The number of halogens is 1. The first-order valence-corrected chi connectivity index (χ1v) is 10.0. The molecule has 1 aromatic heterocycles. The first-order valence-electron chi connectivity index (χ1n) is 8.57. The SMILES string of the molecule is Cc1ccccc1CN(Cc1cccnc1)S(=O)(=O)c1ccc(F)cc1C. The van der Waals surface area contributed by atoms with E-state index in [1.54, 1.807) is 25.4 Å². The molecular formula is C21H21FN2O2S. The highest BCUT2D eigenvalue weighted by Crippen LogP contribution is 2.25. The molecule has 6 heteroatoms. The smallest absolute Gasteiger partial charge is 0.243 e. The van der Waals surface area contributed by atoms with E-state index in [4.69, 9.17) is 0 Å². The Morgan fingerprint density at radius 3 is 2.41 bits per heavy atom. The van der Waals surface area contributed by atoms with Crippen LogP contribution in [-0.2, 0) is 23.1 Å². The van der Waals surface area contributed by atoms with Crippen molar-refractivity contribution in [3.8, 4) is 0 Å². The van der Waals surface area contributed by atoms with Crippen LogP contribution in [0.2, 0.25) is 0 Å². The van der Waals surface area contributed by atoms with Crippen molar-refractivity contribution in [1.29, 1.82) is 0 Å². The molecule has 0 unspecified atom stereocenters. The van der Waals surface area contributed by atoms with Crippen molar-refractivity contribution in [2.45, 2.75) is 31.8 Å². The topological polar surface area (TPSA) is 50.3 Å². The average molecular weight is 384 g/mol. The fourth-order valence-electron chi connectivity index (χ4n) is 2.94. The third-order valence-corrected chi connectivity index (χ3v) is 6.40. The lowest BCUT2D eigenvalue weighted by Gasteiger charge is -2.24. The summed E-state index contributed by atoms with van der Waals surface area (Å²) in [4.78, 5) is 4.19. The molecule has 2 aromatic carbocycles. The molecule has 0 radical (unpaired) electrons. The molecule has 0 bridgehead atoms. The maximum atomic E-state index is 13.5. The van der Waals surface area contributed by atoms with Crippen molar-refractivity contribution in [1.82, 2.24) is 9.29 Å². The molecule has 0 saturated carbocycles. The molecule has 27 heavy (non-hydrogen) atoms. The summed E-state index contributed by atoms with van der Waals surface area (Å²) in [6, 6.07) is 15.0. The Morgan fingerprint density at radius 1 is 0.963 bits per heavy atom. The summed E-state index contributed by atoms with van der Waals surface area (Å²) in [5.41, 5.74) is 3.11. The molecule has 0 aliphatic heterocycles. The monoisotopic (exact) mass is 384 g/mol. The van der Waals surface area contributed by atoms with Crippen LogP contribution in [-0.4, -0.2) is 17.7 Å². The standard InChI is InChI=1S/C21H21FN2O2S/c1-16-6-3-4-8-19(16)15-24(14-18-7-5-11-23-13-18)27(25,26)21-10-9-20(22)12-17(21)2/h3-13H,14-15H2,1-2H3. The van der Waals surface area contributed by atoms with E-state index < -0.39 is 15.8 Å². The highest BCUT2D eigenvalue weighted by molar-refractivity contribution is 7.89. The minimum Gasteiger partial charge on any atom is -0.264 e. The van der Waals surface area contributed by atoms with E-state index in [-0.39, 0.29) is 18.0 Å². The summed E-state index contributed by atoms with van der Waals surface area (Å²) in [5.74, 6) is -0.454. The predicted molar refractivity (Wildman–Crippen MR) is 103 cm³/mol. The van der Waals surface area contributed by atoms with Crippen molar-refractivity contribution in [3.05, 3.63) is 95.1 Å². The van der Waals surface area contributed by atoms with Gasteiger partial charge in [-0.1, -0.05) is 30.3 Å². The summed E-state index contributed by atoms with van der Waals surface area (Å²) >= 11 is 0. The predicted octanol–water partition coefficient (Wildman–Crippen LogP) is 4.23. The summed E-state index contributed by atoms with van der Waals surface area (Å²) in [6.07, 6.45) is 3.30. The maximum Gasteiger partial charge on any atom is 0.243 e. The second-order valence-corrected chi connectivity index (χ2v) is 8.38. The van der Waals surface area contributed by atoms with E-state index in [9.17, 15) is 12.8 Å². The first kappa shape index (κ1) is 19.2. The van der Waals surface area contributed by atoms with Gasteiger partial charge in [0.25, 0.3) is 0 Å². The van der Waals surface area contributed by atoms with E-state index in [2.05, 4.69) is 4.98 Å². The normalized spacial score (nSPS) is 11.7. The molecule has 0 fully saturated rings. The van der Waals surface area contributed by atoms with Crippen LogP contribution in [0.25, 0.3) is 0 Å². The third kappa shape index (κ3) is 4.40. The van der Waals surface area contributed by atoms with Gasteiger partial charge in [-0.2, -0.15) is 4.31 Å². The van der Waals surface area contributed by atoms with Crippen LogP contribution in [0.1, 0.15) is 22.3 Å². The van der Waals surface area contributed by atoms with E-state index in [1.165, 1.54) is 22.5 Å². The largest absolute Gasteiger partial charge is 0.264 e. The number of hydrogen-bond acceptors (Lipinski definition) is 3. The number of rotatable bonds is 6. The molecule has 4 nitrogen and oxygen atoms in total. The lowest BCUT2D eigenvalue weighted by Crippen LogP contribution is -2.31. The van der Waals surface area contributed by atoms with Gasteiger partial charge in [0, 0.05) is 25.5 Å². The van der Waals surface area contributed by atoms with Gasteiger partial charge >= 0.3 is 0 Å². The Hall–Kier alpha value is -2.57. The summed E-state index contributed by atoms with van der Waals surface area (Å²) in [7, 11) is -3.82. The fraction of sp³-hybridized carbons (Fsp3) is 0.190. The minimum atomic E-state index is -3.82. The number of nitrogens with zero attached hydrogens (tertiary/aromatic N) is 2. The van der Waals surface area contributed by atoms with Gasteiger partial charge in [0.1, 0.15) is 5.82 Å². The summed E-state index contributed by atoms with van der Waals surface area (Å²) < 4.78 is 41.6. The van der Waals surface area contributed by atoms with Crippen LogP contribution in [0.3, 0.4) is 0 Å². The van der Waals surface area contributed by atoms with Crippen LogP contribution in [0.4, 0.5) is 4.39 Å². The van der Waals surface area contributed by atoms with Crippen molar-refractivity contribution in [2.75, 3.05) is 0 Å². The Morgan fingerprint density at radius 2 is 1.74 bits per heavy atom. The van der Waals surface area contributed by atoms with Crippen LogP contribution in [0, 0.1) is 19.7 Å². The molecule has 0 spiro atoms. The molecule has 3 aromatic rings. The molecule has 0 aliphatic carbocycles. The van der Waals surface area contributed by atoms with E-state index in [1.807, 2.05) is 37.3 Å². The average Bonchev–Trinajstić information content (AvgIpc) is 2.63. The van der Waals surface area contributed by atoms with Crippen molar-refractivity contribution < 1.29 is 12.8 Å².